The van der Waals surface area contributed by atoms with E-state index >= 15 is 0 Å². The summed E-state index contributed by atoms with van der Waals surface area (Å²) in [7, 11) is -13.8. The molecule has 1 amide bonds. The van der Waals surface area contributed by atoms with Crippen molar-refractivity contribution in [1.29, 1.82) is 0 Å². The molecule has 202 valence electrons. The van der Waals surface area contributed by atoms with Crippen LogP contribution in [0.25, 0.3) is 0 Å². The van der Waals surface area contributed by atoms with Gasteiger partial charge in [-0.1, -0.05) is 65.5 Å². The summed E-state index contributed by atoms with van der Waals surface area (Å²) >= 11 is 0. The van der Waals surface area contributed by atoms with Gasteiger partial charge >= 0.3 is 8.80 Å². The van der Waals surface area contributed by atoms with Gasteiger partial charge in [-0.2, -0.15) is 0 Å². The van der Waals surface area contributed by atoms with Crippen molar-refractivity contribution in [3.63, 3.8) is 0 Å². The van der Waals surface area contributed by atoms with Crippen LogP contribution in [-0.4, -0.2) is 67.5 Å². The summed E-state index contributed by atoms with van der Waals surface area (Å²) in [5.74, 6) is -0.0829. The van der Waals surface area contributed by atoms with Crippen LogP contribution in [0.4, 0.5) is 0 Å². The first kappa shape index (κ1) is 34.6. The van der Waals surface area contributed by atoms with E-state index in [4.69, 9.17) is 12.3 Å². The van der Waals surface area contributed by atoms with E-state index in [-0.39, 0.29) is 5.91 Å². The largest absolute Gasteiger partial charge is 0.469 e. The van der Waals surface area contributed by atoms with E-state index < -0.39 is 55.1 Å². The number of hydrogen-bond acceptors (Lipinski definition) is 4. The van der Waals surface area contributed by atoms with E-state index in [1.54, 1.807) is 6.92 Å². The normalized spacial score (nSPS) is 14.8. The van der Waals surface area contributed by atoms with Gasteiger partial charge in [0.25, 0.3) is 0 Å². The molecular weight excluding hydrogens is 539 g/mol. The number of rotatable bonds is 14. The Bertz CT molecular complexity index is 651. The first-order chi connectivity index (χ1) is 14.7. The van der Waals surface area contributed by atoms with Crippen LogP contribution >= 0.6 is 0 Å². The average molecular weight is 596 g/mol. The predicted molar refractivity (Wildman–Crippen MR) is 169 cm³/mol. The van der Waals surface area contributed by atoms with Crippen molar-refractivity contribution in [3.05, 3.63) is 12.2 Å². The second-order valence-electron chi connectivity index (χ2n) is 14.4. The minimum absolute atomic E-state index is 0.0829. The Morgan fingerprint density at radius 1 is 0.647 bits per heavy atom. The van der Waals surface area contributed by atoms with Crippen LogP contribution < -0.4 is 5.32 Å². The Morgan fingerprint density at radius 3 is 1.18 bits per heavy atom. The SMILES string of the molecule is C=C(C)C(=O)NCCC[Si](O[Si](C)(C)[Si](C)(C)C)(O[Si](C)(C)[Si](C)(C)C)O[Si](C)(C)[Si](C)(C)C. The van der Waals surface area contributed by atoms with Gasteiger partial charge in [0, 0.05) is 18.2 Å². The van der Waals surface area contributed by atoms with Crippen LogP contribution in [-0.2, 0) is 17.1 Å². The zero-order valence-corrected chi connectivity index (χ0v) is 32.5. The van der Waals surface area contributed by atoms with Crippen LogP contribution in [0, 0.1) is 0 Å². The lowest BCUT2D eigenvalue weighted by atomic mass is 10.3. The van der Waals surface area contributed by atoms with E-state index in [1.165, 1.54) is 0 Å². The van der Waals surface area contributed by atoms with E-state index in [1.807, 2.05) is 0 Å². The maximum atomic E-state index is 12.1. The molecule has 0 saturated heterocycles. The predicted octanol–water partition coefficient (Wildman–Crippen LogP) is 6.92. The van der Waals surface area contributed by atoms with Gasteiger partial charge in [-0.25, -0.2) is 0 Å². The molecule has 0 atom stereocenters. The van der Waals surface area contributed by atoms with E-state index in [9.17, 15) is 4.79 Å². The molecule has 0 saturated carbocycles. The minimum atomic E-state index is -3.01. The number of amides is 1. The van der Waals surface area contributed by atoms with Crippen molar-refractivity contribution in [2.75, 3.05) is 6.54 Å². The summed E-state index contributed by atoms with van der Waals surface area (Å²) in [5.41, 5.74) is 0.541. The molecule has 0 heterocycles. The molecule has 0 bridgehead atoms. The molecule has 0 rings (SSSR count). The van der Waals surface area contributed by atoms with Gasteiger partial charge in [-0.05, 0) is 52.6 Å². The molecular formula is C22H57NO4Si7. The van der Waals surface area contributed by atoms with Crippen LogP contribution in [0.15, 0.2) is 12.2 Å². The number of carbonyl (C=O) groups is 1. The molecule has 0 aromatic heterocycles. The van der Waals surface area contributed by atoms with Crippen molar-refractivity contribution < 1.29 is 17.1 Å². The highest BCUT2D eigenvalue weighted by molar-refractivity contribution is 7.42. The molecule has 34 heavy (non-hydrogen) atoms. The second-order valence-corrected chi connectivity index (χ2v) is 65.6. The zero-order chi connectivity index (χ0) is 27.6. The van der Waals surface area contributed by atoms with Gasteiger partial charge < -0.3 is 17.7 Å². The number of nitrogens with one attached hydrogen (secondary N) is 1. The van der Waals surface area contributed by atoms with E-state index in [0.29, 0.717) is 12.1 Å². The first-order valence-corrected chi connectivity index (χ1v) is 36.9. The van der Waals surface area contributed by atoms with Crippen molar-refractivity contribution in [2.24, 2.45) is 0 Å². The Morgan fingerprint density at radius 2 is 0.941 bits per heavy atom. The highest BCUT2D eigenvalue weighted by Gasteiger charge is 2.58. The topological polar surface area (TPSA) is 56.8 Å². The third-order valence-corrected chi connectivity index (χ3v) is 64.9. The maximum absolute atomic E-state index is 12.1. The van der Waals surface area contributed by atoms with Crippen LogP contribution in [0.1, 0.15) is 13.3 Å². The van der Waals surface area contributed by atoms with Gasteiger partial charge in [-0.15, -0.1) is 0 Å². The fraction of sp³-hybridized carbons (Fsp3) is 0.864. The molecule has 0 aromatic carbocycles. The zero-order valence-electron chi connectivity index (χ0n) is 25.5. The maximum Gasteiger partial charge on any atom is 0.469 e. The molecule has 5 nitrogen and oxygen atoms in total. The second kappa shape index (κ2) is 11.6. The van der Waals surface area contributed by atoms with Gasteiger partial charge in [0.15, 0.2) is 23.5 Å². The van der Waals surface area contributed by atoms with E-state index in [2.05, 4.69) is 110 Å². The van der Waals surface area contributed by atoms with Crippen LogP contribution in [0.3, 0.4) is 0 Å². The standard InChI is InChI=1S/C22H57NO4Si7/c1-21(2)22(24)23-19-18-20-34(25-31(12,13)28(3,4)5,26-32(14,15)29(6,7)8)27-33(16,17)30(9,10)11/h1,18-20H2,2-17H3,(H,23,24). The number of hydrogen-bond donors (Lipinski definition) is 1. The summed E-state index contributed by atoms with van der Waals surface area (Å²) in [6, 6.07) is 0.770. The summed E-state index contributed by atoms with van der Waals surface area (Å²) in [6.45, 7) is 42.2. The lowest BCUT2D eigenvalue weighted by Crippen LogP contribution is -2.72. The van der Waals surface area contributed by atoms with Gasteiger partial charge in [0.2, 0.25) is 5.91 Å². The summed E-state index contributed by atoms with van der Waals surface area (Å²) in [5, 5.41) is 3.01. The van der Waals surface area contributed by atoms with Crippen LogP contribution in [0.5, 0.6) is 0 Å². The van der Waals surface area contributed by atoms with Crippen molar-refractivity contribution in [1.82, 2.24) is 5.32 Å². The summed E-state index contributed by atoms with van der Waals surface area (Å²) < 4.78 is 22.2. The van der Waals surface area contributed by atoms with Crippen molar-refractivity contribution >= 4 is 61.0 Å². The fourth-order valence-electron chi connectivity index (χ4n) is 2.50. The quantitative estimate of drug-likeness (QED) is 0.134. The highest BCUT2D eigenvalue weighted by atomic mass is 29.3. The molecule has 1 N–H and O–H groups in total. The molecule has 0 spiro atoms. The molecule has 12 heteroatoms. The molecule has 0 aliphatic rings. The molecule has 0 aliphatic carbocycles. The third kappa shape index (κ3) is 9.82. The molecule has 0 radical (unpaired) electrons. The van der Waals surface area contributed by atoms with Crippen molar-refractivity contribution in [2.45, 2.75) is 118 Å². The summed E-state index contributed by atoms with van der Waals surface area (Å²) in [4.78, 5) is 12.1. The van der Waals surface area contributed by atoms with Crippen molar-refractivity contribution in [3.8, 4) is 0 Å². The molecule has 0 unspecified atom stereocenters. The van der Waals surface area contributed by atoms with Gasteiger partial charge in [0.05, 0.1) is 22.8 Å². The lowest BCUT2D eigenvalue weighted by Gasteiger charge is -2.51. The van der Waals surface area contributed by atoms with Gasteiger partial charge in [-0.3, -0.25) is 4.79 Å². The fourth-order valence-corrected chi connectivity index (χ4v) is 31.4. The monoisotopic (exact) mass is 595 g/mol. The third-order valence-electron chi connectivity index (χ3n) is 7.98. The lowest BCUT2D eigenvalue weighted by molar-refractivity contribution is -0.117. The average Bonchev–Trinajstić information content (AvgIpc) is 2.53. The Kier molecular flexibility index (Phi) is 11.8. The Hall–Kier alpha value is 0.608. The Balaban J connectivity index is 6.53. The summed E-state index contributed by atoms with van der Waals surface area (Å²) in [6.07, 6.45) is 0.799. The molecule has 0 fully saturated rings. The van der Waals surface area contributed by atoms with Crippen LogP contribution in [0.2, 0.25) is 104 Å². The van der Waals surface area contributed by atoms with Gasteiger partial charge in [0.1, 0.15) is 0 Å². The first-order valence-electron chi connectivity index (χ1n) is 12.7. The molecule has 0 aromatic rings. The minimum Gasteiger partial charge on any atom is -0.419 e. The highest BCUT2D eigenvalue weighted by Crippen LogP contribution is 2.36. The smallest absolute Gasteiger partial charge is 0.419 e. The van der Waals surface area contributed by atoms with E-state index in [0.717, 1.165) is 12.5 Å². The Labute approximate surface area is 219 Å². The molecule has 0 aliphatic heterocycles. The number of carbonyl (C=O) groups excluding carboxylic acids is 1.